The van der Waals surface area contributed by atoms with E-state index in [1.807, 2.05) is 31.2 Å². The third-order valence-electron chi connectivity index (χ3n) is 3.09. The summed E-state index contributed by atoms with van der Waals surface area (Å²) in [5.74, 6) is -0.253. The normalized spacial score (nSPS) is 11.0. The molecule has 0 saturated carbocycles. The van der Waals surface area contributed by atoms with Gasteiger partial charge >= 0.3 is 5.97 Å². The van der Waals surface area contributed by atoms with E-state index in [4.69, 9.17) is 4.74 Å². The van der Waals surface area contributed by atoms with E-state index >= 15 is 0 Å². The highest BCUT2D eigenvalue weighted by Crippen LogP contribution is 2.26. The van der Waals surface area contributed by atoms with E-state index in [0.29, 0.717) is 16.9 Å². The highest BCUT2D eigenvalue weighted by Gasteiger charge is 2.20. The summed E-state index contributed by atoms with van der Waals surface area (Å²) in [6.07, 6.45) is 0. The molecular formula is C14H13N3O3S. The molecule has 3 rings (SSSR count). The predicted molar refractivity (Wildman–Crippen MR) is 79.2 cm³/mol. The monoisotopic (exact) mass is 303 g/mol. The van der Waals surface area contributed by atoms with Crippen LogP contribution in [0.1, 0.15) is 21.1 Å². The Hall–Kier alpha value is -2.41. The standard InChI is InChI=1S/C14H13N3O3S/c1-8-15-13-12(21-8)11(14(18)19)16-17(13)7-9-3-5-10(20-2)6-4-9/h3-6H,7H2,1-2H3,(H,18,19). The number of carboxylic acid groups (broad SMARTS) is 1. The molecule has 0 aliphatic carbocycles. The Bertz CT molecular complexity index is 805. The number of aromatic carboxylic acids is 1. The molecule has 1 N–H and O–H groups in total. The van der Waals surface area contributed by atoms with Crippen molar-refractivity contribution in [1.82, 2.24) is 14.8 Å². The van der Waals surface area contributed by atoms with Crippen LogP contribution in [-0.2, 0) is 6.54 Å². The number of fused-ring (bicyclic) bond motifs is 1. The number of rotatable bonds is 4. The second-order valence-electron chi connectivity index (χ2n) is 4.55. The molecule has 0 aliphatic rings. The van der Waals surface area contributed by atoms with Crippen LogP contribution in [0.3, 0.4) is 0 Å². The fraction of sp³-hybridized carbons (Fsp3) is 0.214. The van der Waals surface area contributed by atoms with Crippen LogP contribution in [0, 0.1) is 6.92 Å². The highest BCUT2D eigenvalue weighted by molar-refractivity contribution is 7.18. The van der Waals surface area contributed by atoms with Gasteiger partial charge in [0, 0.05) is 0 Å². The lowest BCUT2D eigenvalue weighted by molar-refractivity contribution is 0.0691. The Morgan fingerprint density at radius 1 is 1.38 bits per heavy atom. The number of aromatic nitrogens is 3. The zero-order chi connectivity index (χ0) is 15.0. The van der Waals surface area contributed by atoms with Crippen molar-refractivity contribution < 1.29 is 14.6 Å². The average molecular weight is 303 g/mol. The summed E-state index contributed by atoms with van der Waals surface area (Å²) >= 11 is 1.35. The number of nitrogens with zero attached hydrogens (tertiary/aromatic N) is 3. The number of aryl methyl sites for hydroxylation is 1. The van der Waals surface area contributed by atoms with E-state index in [2.05, 4.69) is 10.1 Å². The summed E-state index contributed by atoms with van der Waals surface area (Å²) < 4.78 is 7.37. The Kier molecular flexibility index (Phi) is 3.34. The zero-order valence-corrected chi connectivity index (χ0v) is 12.3. The molecule has 7 heteroatoms. The van der Waals surface area contributed by atoms with Gasteiger partial charge in [-0.05, 0) is 24.6 Å². The molecule has 0 atom stereocenters. The molecule has 1 aromatic carbocycles. The number of ether oxygens (including phenoxy) is 1. The van der Waals surface area contributed by atoms with Crippen molar-refractivity contribution in [2.24, 2.45) is 0 Å². The number of benzene rings is 1. The van der Waals surface area contributed by atoms with Crippen LogP contribution in [0.4, 0.5) is 0 Å². The number of thiazole rings is 1. The third kappa shape index (κ3) is 2.47. The average Bonchev–Trinajstić information content (AvgIpc) is 2.98. The van der Waals surface area contributed by atoms with Gasteiger partial charge in [0.05, 0.1) is 18.7 Å². The minimum Gasteiger partial charge on any atom is -0.497 e. The molecule has 2 heterocycles. The van der Waals surface area contributed by atoms with Gasteiger partial charge in [-0.25, -0.2) is 14.5 Å². The Balaban J connectivity index is 2.01. The van der Waals surface area contributed by atoms with Crippen molar-refractivity contribution >= 4 is 27.7 Å². The number of hydrogen-bond acceptors (Lipinski definition) is 5. The molecule has 0 amide bonds. The predicted octanol–water partition coefficient (Wildman–Crippen LogP) is 2.56. The molecule has 0 fully saturated rings. The fourth-order valence-corrected chi connectivity index (χ4v) is 3.01. The van der Waals surface area contributed by atoms with E-state index in [9.17, 15) is 9.90 Å². The van der Waals surface area contributed by atoms with E-state index in [-0.39, 0.29) is 5.69 Å². The Labute approximate surface area is 124 Å². The number of carbonyl (C=O) groups is 1. The lowest BCUT2D eigenvalue weighted by Gasteiger charge is -2.04. The van der Waals surface area contributed by atoms with Crippen molar-refractivity contribution in [2.45, 2.75) is 13.5 Å². The number of methoxy groups -OCH3 is 1. The minimum absolute atomic E-state index is 0.0594. The molecule has 21 heavy (non-hydrogen) atoms. The minimum atomic E-state index is -1.03. The maximum atomic E-state index is 11.3. The third-order valence-corrected chi connectivity index (χ3v) is 4.06. The smallest absolute Gasteiger partial charge is 0.357 e. The first-order valence-corrected chi connectivity index (χ1v) is 7.10. The molecule has 0 spiro atoms. The lowest BCUT2D eigenvalue weighted by Crippen LogP contribution is -2.05. The van der Waals surface area contributed by atoms with Gasteiger partial charge in [0.1, 0.15) is 10.4 Å². The SMILES string of the molecule is COc1ccc(Cn2nc(C(=O)O)c3sc(C)nc32)cc1. The molecule has 0 bridgehead atoms. The number of carboxylic acids is 1. The quantitative estimate of drug-likeness (QED) is 0.801. The van der Waals surface area contributed by atoms with Crippen molar-refractivity contribution in [1.29, 1.82) is 0 Å². The van der Waals surface area contributed by atoms with E-state index in [0.717, 1.165) is 16.3 Å². The van der Waals surface area contributed by atoms with Gasteiger partial charge in [-0.2, -0.15) is 5.10 Å². The molecule has 2 aromatic heterocycles. The van der Waals surface area contributed by atoms with Gasteiger partial charge < -0.3 is 9.84 Å². The summed E-state index contributed by atoms with van der Waals surface area (Å²) in [5, 5.41) is 14.2. The molecule has 0 aliphatic heterocycles. The maximum absolute atomic E-state index is 11.3. The fourth-order valence-electron chi connectivity index (χ4n) is 2.11. The lowest BCUT2D eigenvalue weighted by atomic mass is 10.2. The Morgan fingerprint density at radius 3 is 2.71 bits per heavy atom. The second kappa shape index (κ2) is 5.17. The summed E-state index contributed by atoms with van der Waals surface area (Å²) in [6.45, 7) is 2.32. The first-order valence-electron chi connectivity index (χ1n) is 6.28. The van der Waals surface area contributed by atoms with Crippen LogP contribution in [0.5, 0.6) is 5.75 Å². The van der Waals surface area contributed by atoms with Gasteiger partial charge in [-0.3, -0.25) is 0 Å². The molecule has 3 aromatic rings. The van der Waals surface area contributed by atoms with Gasteiger partial charge in [-0.15, -0.1) is 11.3 Å². The Morgan fingerprint density at radius 2 is 2.10 bits per heavy atom. The summed E-state index contributed by atoms with van der Waals surface area (Å²) in [6, 6.07) is 7.57. The molecule has 0 saturated heterocycles. The summed E-state index contributed by atoms with van der Waals surface area (Å²) in [4.78, 5) is 15.6. The van der Waals surface area contributed by atoms with Crippen molar-refractivity contribution in [2.75, 3.05) is 7.11 Å². The van der Waals surface area contributed by atoms with Crippen LogP contribution >= 0.6 is 11.3 Å². The van der Waals surface area contributed by atoms with Crippen molar-refractivity contribution in [3.05, 3.63) is 40.5 Å². The molecular weight excluding hydrogens is 290 g/mol. The first-order chi connectivity index (χ1) is 10.1. The van der Waals surface area contributed by atoms with Crippen molar-refractivity contribution in [3.63, 3.8) is 0 Å². The van der Waals surface area contributed by atoms with Crippen LogP contribution in [0.25, 0.3) is 10.3 Å². The van der Waals surface area contributed by atoms with Crippen molar-refractivity contribution in [3.8, 4) is 5.75 Å². The van der Waals surface area contributed by atoms with E-state index < -0.39 is 5.97 Å². The van der Waals surface area contributed by atoms with E-state index in [1.165, 1.54) is 11.3 Å². The topological polar surface area (TPSA) is 77.2 Å². The first kappa shape index (κ1) is 13.6. The van der Waals surface area contributed by atoms with Gasteiger partial charge in [0.2, 0.25) is 0 Å². The molecule has 6 nitrogen and oxygen atoms in total. The van der Waals surface area contributed by atoms with Crippen LogP contribution in [-0.4, -0.2) is 33.0 Å². The van der Waals surface area contributed by atoms with Gasteiger partial charge in [0.15, 0.2) is 11.3 Å². The van der Waals surface area contributed by atoms with E-state index in [1.54, 1.807) is 11.8 Å². The summed E-state index contributed by atoms with van der Waals surface area (Å²) in [7, 11) is 1.61. The summed E-state index contributed by atoms with van der Waals surface area (Å²) in [5.41, 5.74) is 1.68. The molecule has 108 valence electrons. The molecule has 0 radical (unpaired) electrons. The maximum Gasteiger partial charge on any atom is 0.357 e. The number of hydrogen-bond donors (Lipinski definition) is 1. The largest absolute Gasteiger partial charge is 0.497 e. The second-order valence-corrected chi connectivity index (χ2v) is 5.75. The van der Waals surface area contributed by atoms with Gasteiger partial charge in [-0.1, -0.05) is 12.1 Å². The van der Waals surface area contributed by atoms with Crippen LogP contribution < -0.4 is 4.74 Å². The van der Waals surface area contributed by atoms with Crippen LogP contribution in [0.2, 0.25) is 0 Å². The van der Waals surface area contributed by atoms with Crippen LogP contribution in [0.15, 0.2) is 24.3 Å². The van der Waals surface area contributed by atoms with Gasteiger partial charge in [0.25, 0.3) is 0 Å². The highest BCUT2D eigenvalue weighted by atomic mass is 32.1. The molecule has 0 unspecified atom stereocenters. The zero-order valence-electron chi connectivity index (χ0n) is 11.5.